The number of hydrogen-bond donors (Lipinski definition) is 2. The molecule has 0 aromatic rings. The third-order valence-electron chi connectivity index (χ3n) is 2.49. The van der Waals surface area contributed by atoms with E-state index < -0.39 is 0 Å². The first-order valence-electron chi connectivity index (χ1n) is 5.48. The zero-order valence-electron chi connectivity index (χ0n) is 9.90. The van der Waals surface area contributed by atoms with Crippen molar-refractivity contribution in [2.24, 2.45) is 5.73 Å². The Balaban J connectivity index is 2.61. The minimum atomic E-state index is -0.0616. The number of carbonyl (C=O) groups is 1. The van der Waals surface area contributed by atoms with Gasteiger partial charge in [-0.05, 0) is 13.8 Å². The molecule has 1 heterocycles. The summed E-state index contributed by atoms with van der Waals surface area (Å²) in [5.41, 5.74) is 5.34. The van der Waals surface area contributed by atoms with E-state index in [0.717, 1.165) is 0 Å². The van der Waals surface area contributed by atoms with E-state index in [9.17, 15) is 4.79 Å². The van der Waals surface area contributed by atoms with Gasteiger partial charge in [-0.15, -0.1) is 0 Å². The maximum Gasteiger partial charge on any atom is 0.320 e. The Labute approximate surface area is 95.8 Å². The van der Waals surface area contributed by atoms with Gasteiger partial charge in [0.15, 0.2) is 0 Å². The summed E-state index contributed by atoms with van der Waals surface area (Å²) in [6.45, 7) is 6.41. The fourth-order valence-corrected chi connectivity index (χ4v) is 1.59. The molecule has 0 aromatic heterocycles. The zero-order chi connectivity index (χ0) is 12.1. The van der Waals surface area contributed by atoms with E-state index >= 15 is 0 Å². The first-order valence-corrected chi connectivity index (χ1v) is 5.48. The van der Waals surface area contributed by atoms with Crippen LogP contribution in [0.25, 0.3) is 0 Å². The molecule has 16 heavy (non-hydrogen) atoms. The van der Waals surface area contributed by atoms with Crippen LogP contribution in [0.15, 0.2) is 0 Å². The first kappa shape index (κ1) is 12.8. The van der Waals surface area contributed by atoms with Gasteiger partial charge in [0.05, 0.1) is 19.8 Å². The van der Waals surface area contributed by atoms with Crippen LogP contribution in [0.1, 0.15) is 13.8 Å². The van der Waals surface area contributed by atoms with Crippen molar-refractivity contribution in [2.45, 2.75) is 19.9 Å². The maximum atomic E-state index is 12.1. The molecule has 0 aromatic carbocycles. The highest BCUT2D eigenvalue weighted by Gasteiger charge is 2.24. The number of nitrogens with two attached hydrogens (primary N) is 1. The third-order valence-corrected chi connectivity index (χ3v) is 2.49. The van der Waals surface area contributed by atoms with Crippen LogP contribution in [0.4, 0.5) is 4.79 Å². The molecular formula is C10H20N4O2. The lowest BCUT2D eigenvalue weighted by molar-refractivity contribution is 0.0421. The molecule has 6 heteroatoms. The van der Waals surface area contributed by atoms with Gasteiger partial charge in [-0.1, -0.05) is 0 Å². The molecule has 0 atom stereocenters. The smallest absolute Gasteiger partial charge is 0.320 e. The second kappa shape index (κ2) is 5.69. The van der Waals surface area contributed by atoms with Crippen LogP contribution in [0, 0.1) is 5.41 Å². The van der Waals surface area contributed by atoms with Crippen LogP contribution in [-0.4, -0.2) is 60.6 Å². The molecule has 2 amide bonds. The van der Waals surface area contributed by atoms with Crippen molar-refractivity contribution in [1.82, 2.24) is 9.80 Å². The monoisotopic (exact) mass is 228 g/mol. The van der Waals surface area contributed by atoms with E-state index in [1.807, 2.05) is 13.8 Å². The highest BCUT2D eigenvalue weighted by atomic mass is 16.5. The third kappa shape index (κ3) is 3.37. The van der Waals surface area contributed by atoms with Crippen molar-refractivity contribution in [2.75, 3.05) is 32.8 Å². The van der Waals surface area contributed by atoms with Crippen LogP contribution in [-0.2, 0) is 4.74 Å². The van der Waals surface area contributed by atoms with E-state index in [4.69, 9.17) is 15.9 Å². The van der Waals surface area contributed by atoms with Crippen molar-refractivity contribution in [3.05, 3.63) is 0 Å². The Morgan fingerprint density at radius 2 is 2.06 bits per heavy atom. The highest BCUT2D eigenvalue weighted by molar-refractivity contribution is 5.84. The Morgan fingerprint density at radius 3 is 2.50 bits per heavy atom. The fourth-order valence-electron chi connectivity index (χ4n) is 1.59. The molecule has 0 bridgehead atoms. The normalized spacial score (nSPS) is 16.3. The number of urea groups is 1. The van der Waals surface area contributed by atoms with E-state index in [1.165, 1.54) is 0 Å². The lowest BCUT2D eigenvalue weighted by atomic mass is 10.3. The second-order valence-electron chi connectivity index (χ2n) is 4.13. The summed E-state index contributed by atoms with van der Waals surface area (Å²) in [4.78, 5) is 15.5. The van der Waals surface area contributed by atoms with Crippen molar-refractivity contribution in [1.29, 1.82) is 5.41 Å². The standard InChI is InChI=1S/C10H20N4O2/c1-8(2)14(7-9(11)12)10(15)13-3-5-16-6-4-13/h8H,3-7H2,1-2H3,(H3,11,12). The number of nitrogens with zero attached hydrogens (tertiary/aromatic N) is 2. The Bertz CT molecular complexity index is 262. The van der Waals surface area contributed by atoms with Crippen molar-refractivity contribution < 1.29 is 9.53 Å². The minimum Gasteiger partial charge on any atom is -0.386 e. The Morgan fingerprint density at radius 1 is 1.50 bits per heavy atom. The van der Waals surface area contributed by atoms with Crippen LogP contribution >= 0.6 is 0 Å². The SMILES string of the molecule is CC(C)N(CC(=N)N)C(=O)N1CCOCC1. The highest BCUT2D eigenvalue weighted by Crippen LogP contribution is 2.06. The fraction of sp³-hybridized carbons (Fsp3) is 0.800. The largest absolute Gasteiger partial charge is 0.386 e. The van der Waals surface area contributed by atoms with E-state index in [2.05, 4.69) is 0 Å². The van der Waals surface area contributed by atoms with E-state index in [1.54, 1.807) is 9.80 Å². The number of rotatable bonds is 3. The number of morpholine rings is 1. The Hall–Kier alpha value is -1.30. The summed E-state index contributed by atoms with van der Waals surface area (Å²) in [7, 11) is 0. The van der Waals surface area contributed by atoms with Crippen LogP contribution in [0.3, 0.4) is 0 Å². The number of ether oxygens (including phenoxy) is 1. The van der Waals surface area contributed by atoms with Gasteiger partial charge < -0.3 is 20.3 Å². The van der Waals surface area contributed by atoms with E-state index in [0.29, 0.717) is 26.3 Å². The quantitative estimate of drug-likeness (QED) is 0.530. The van der Waals surface area contributed by atoms with Gasteiger partial charge in [0.2, 0.25) is 0 Å². The van der Waals surface area contributed by atoms with Crippen LogP contribution in [0.5, 0.6) is 0 Å². The van der Waals surface area contributed by atoms with Crippen LogP contribution < -0.4 is 5.73 Å². The van der Waals surface area contributed by atoms with Crippen LogP contribution in [0.2, 0.25) is 0 Å². The first-order chi connectivity index (χ1) is 7.52. The number of carbonyl (C=O) groups excluding carboxylic acids is 1. The number of amidine groups is 1. The second-order valence-corrected chi connectivity index (χ2v) is 4.13. The van der Waals surface area contributed by atoms with Gasteiger partial charge >= 0.3 is 6.03 Å². The molecule has 0 unspecified atom stereocenters. The minimum absolute atomic E-state index is 0.00955. The molecule has 3 N–H and O–H groups in total. The number of amides is 2. The molecule has 1 saturated heterocycles. The number of hydrogen-bond acceptors (Lipinski definition) is 3. The van der Waals surface area contributed by atoms with E-state index in [-0.39, 0.29) is 24.5 Å². The molecular weight excluding hydrogens is 208 g/mol. The molecule has 92 valence electrons. The van der Waals surface area contributed by atoms with Gasteiger partial charge in [-0.25, -0.2) is 4.79 Å². The van der Waals surface area contributed by atoms with Gasteiger partial charge in [0.1, 0.15) is 5.84 Å². The van der Waals surface area contributed by atoms with Crippen molar-refractivity contribution >= 4 is 11.9 Å². The van der Waals surface area contributed by atoms with Gasteiger partial charge in [-0.2, -0.15) is 0 Å². The van der Waals surface area contributed by atoms with Gasteiger partial charge in [0, 0.05) is 19.1 Å². The van der Waals surface area contributed by atoms with Crippen molar-refractivity contribution in [3.8, 4) is 0 Å². The number of nitrogens with one attached hydrogen (secondary N) is 1. The predicted octanol–water partition coefficient (Wildman–Crippen LogP) is 0.0850. The lowest BCUT2D eigenvalue weighted by Crippen LogP contribution is -2.52. The maximum absolute atomic E-state index is 12.1. The summed E-state index contributed by atoms with van der Waals surface area (Å²) in [6.07, 6.45) is 0. The predicted molar refractivity (Wildman–Crippen MR) is 61.5 cm³/mol. The van der Waals surface area contributed by atoms with Gasteiger partial charge in [0.25, 0.3) is 0 Å². The average molecular weight is 228 g/mol. The molecule has 0 aliphatic carbocycles. The lowest BCUT2D eigenvalue weighted by Gasteiger charge is -2.34. The average Bonchev–Trinajstić information content (AvgIpc) is 2.25. The molecule has 0 spiro atoms. The summed E-state index contributed by atoms with van der Waals surface area (Å²) >= 11 is 0. The molecule has 1 rings (SSSR count). The molecule has 6 nitrogen and oxygen atoms in total. The molecule has 1 aliphatic rings. The molecule has 0 saturated carbocycles. The van der Waals surface area contributed by atoms with Gasteiger partial charge in [-0.3, -0.25) is 5.41 Å². The topological polar surface area (TPSA) is 82.7 Å². The van der Waals surface area contributed by atoms with Crippen molar-refractivity contribution in [3.63, 3.8) is 0 Å². The summed E-state index contributed by atoms with van der Waals surface area (Å²) < 4.78 is 5.19. The summed E-state index contributed by atoms with van der Waals surface area (Å²) in [5.74, 6) is 0.00955. The zero-order valence-corrected chi connectivity index (χ0v) is 9.90. The molecule has 0 radical (unpaired) electrons. The molecule has 1 aliphatic heterocycles. The summed E-state index contributed by atoms with van der Waals surface area (Å²) in [5, 5.41) is 7.27. The molecule has 1 fully saturated rings. The summed E-state index contributed by atoms with van der Waals surface area (Å²) in [6, 6.07) is -0.0206. The Kier molecular flexibility index (Phi) is 4.54.